The van der Waals surface area contributed by atoms with Crippen molar-refractivity contribution >= 4 is 0 Å². The predicted molar refractivity (Wildman–Crippen MR) is 122 cm³/mol. The zero-order chi connectivity index (χ0) is 32.5. The van der Waals surface area contributed by atoms with Crippen molar-refractivity contribution < 1.29 is 98.2 Å². The fraction of sp³-hybridized carbons (Fsp3) is 0.333. The number of aliphatic hydroxyl groups is 1. The minimum absolute atomic E-state index is 0. The first-order chi connectivity index (χ1) is 20.0. The third-order valence-corrected chi connectivity index (χ3v) is 6.45. The molecule has 0 aromatic heterocycles. The van der Waals surface area contributed by atoms with Crippen molar-refractivity contribution in [3.63, 3.8) is 0 Å². The molecule has 0 aliphatic rings. The maximum Gasteiger partial charge on any atom is 0.286 e. The van der Waals surface area contributed by atoms with Gasteiger partial charge in [0.15, 0.2) is 69.8 Å². The quantitative estimate of drug-likeness (QED) is 0.128. The van der Waals surface area contributed by atoms with Crippen LogP contribution in [0.25, 0.3) is 0 Å². The normalized spacial score (nSPS) is 11.7. The number of aliphatic hydroxyl groups excluding tert-OH is 1. The van der Waals surface area contributed by atoms with E-state index in [1.165, 1.54) is 0 Å². The predicted octanol–water partition coefficient (Wildman–Crippen LogP) is 7.26. The van der Waals surface area contributed by atoms with Gasteiger partial charge in [-0.2, -0.15) is 0 Å². The van der Waals surface area contributed by atoms with E-state index in [4.69, 9.17) is 14.2 Å². The Labute approximate surface area is 260 Å². The molecule has 44 heavy (non-hydrogen) atoms. The van der Waals surface area contributed by atoms with Crippen molar-refractivity contribution in [1.82, 2.24) is 0 Å². The largest absolute Gasteiger partial charge is 0.396 e. The summed E-state index contributed by atoms with van der Waals surface area (Å²) in [5, 5.41) is 9.55. The monoisotopic (exact) mass is 726 g/mol. The van der Waals surface area contributed by atoms with Crippen LogP contribution in [0, 0.1) is 90.6 Å². The molecule has 3 rings (SSSR count). The van der Waals surface area contributed by atoms with Crippen LogP contribution in [-0.2, 0) is 60.2 Å². The topological polar surface area (TPSA) is 47.9 Å². The van der Waals surface area contributed by atoms with Crippen LogP contribution in [0.1, 0.15) is 39.8 Å². The van der Waals surface area contributed by atoms with E-state index in [2.05, 4.69) is 0 Å². The minimum atomic E-state index is -3.17. The molecule has 0 spiro atoms. The Balaban J connectivity index is 0.00000675. The van der Waals surface area contributed by atoms with Crippen LogP contribution in [0.15, 0.2) is 0 Å². The number of hydrogen-bond acceptors (Lipinski definition) is 4. The maximum atomic E-state index is 14.5. The first-order valence-corrected chi connectivity index (χ1v) is 12.0. The molecule has 240 valence electrons. The summed E-state index contributed by atoms with van der Waals surface area (Å²) in [7, 11) is 0. The van der Waals surface area contributed by atoms with Gasteiger partial charge in [0.1, 0.15) is 0 Å². The van der Waals surface area contributed by atoms with Crippen LogP contribution in [0.4, 0.5) is 52.7 Å². The molecule has 0 saturated carbocycles. The van der Waals surface area contributed by atoms with Gasteiger partial charge < -0.3 is 19.3 Å². The molecule has 0 fully saturated rings. The second-order valence-electron chi connectivity index (χ2n) is 9.10. The van der Waals surface area contributed by atoms with Crippen molar-refractivity contribution in [2.75, 3.05) is 6.61 Å². The smallest absolute Gasteiger partial charge is 0.286 e. The summed E-state index contributed by atoms with van der Waals surface area (Å²) < 4.78 is 187. The van der Waals surface area contributed by atoms with E-state index in [1.807, 2.05) is 0 Å². The number of hydrogen-bond donors (Lipinski definition) is 1. The van der Waals surface area contributed by atoms with Gasteiger partial charge in [-0.05, 0) is 20.8 Å². The fourth-order valence-electron chi connectivity index (χ4n) is 3.77. The van der Waals surface area contributed by atoms with Gasteiger partial charge >= 0.3 is 0 Å². The van der Waals surface area contributed by atoms with Gasteiger partial charge in [0, 0.05) is 42.9 Å². The molecule has 0 bridgehead atoms. The molecule has 0 saturated heterocycles. The third-order valence-electron chi connectivity index (χ3n) is 6.45. The average molecular weight is 728 g/mol. The number of halogens is 12. The second-order valence-corrected chi connectivity index (χ2v) is 9.10. The first kappa shape index (κ1) is 37.7. The Bertz CT molecular complexity index is 1300. The van der Waals surface area contributed by atoms with Gasteiger partial charge in [0.25, 0.3) is 5.97 Å². The molecule has 0 unspecified atom stereocenters. The van der Waals surface area contributed by atoms with E-state index in [1.54, 1.807) is 0 Å². The Hall–Kier alpha value is -2.46. The van der Waals surface area contributed by atoms with Crippen molar-refractivity contribution in [3.05, 3.63) is 103 Å². The maximum absolute atomic E-state index is 14.5. The Kier molecular flexibility index (Phi) is 12.7. The van der Waals surface area contributed by atoms with Crippen LogP contribution >= 0.6 is 0 Å². The summed E-state index contributed by atoms with van der Waals surface area (Å²) in [6.07, 6.45) is -1.10. The van der Waals surface area contributed by atoms with Crippen molar-refractivity contribution in [2.24, 2.45) is 0 Å². The molecule has 4 nitrogen and oxygen atoms in total. The molecular weight excluding hydrogens is 707 g/mol. The number of ether oxygens (including phenoxy) is 3. The average Bonchev–Trinajstić information content (AvgIpc) is 2.98. The second kappa shape index (κ2) is 14.8. The molecule has 0 aliphatic carbocycles. The van der Waals surface area contributed by atoms with Crippen molar-refractivity contribution in [1.29, 1.82) is 0 Å². The number of rotatable bonds is 11. The molecule has 17 heteroatoms. The van der Waals surface area contributed by atoms with E-state index in [-0.39, 0.29) is 26.2 Å². The SMILES string of the molecule is Cc1c(F)c(F)c(COC(CCO)(OCc2c(F)c(F)c(C)c(F)c2F)OCc2c(F)c(F)c(C)c(F)c2F)c(F)c1F.[Zr]. The van der Waals surface area contributed by atoms with E-state index >= 15 is 0 Å². The van der Waals surface area contributed by atoms with E-state index in [9.17, 15) is 57.8 Å². The molecule has 0 atom stereocenters. The molecule has 0 radical (unpaired) electrons. The summed E-state index contributed by atoms with van der Waals surface area (Å²) in [6.45, 7) is -3.79. The zero-order valence-corrected chi connectivity index (χ0v) is 25.2. The molecule has 1 N–H and O–H groups in total. The summed E-state index contributed by atoms with van der Waals surface area (Å²) in [6, 6.07) is 0. The molecule has 0 heterocycles. The van der Waals surface area contributed by atoms with Crippen LogP contribution < -0.4 is 0 Å². The molecule has 0 aliphatic heterocycles. The molecule has 3 aromatic carbocycles. The van der Waals surface area contributed by atoms with Crippen molar-refractivity contribution in [3.8, 4) is 0 Å². The van der Waals surface area contributed by atoms with E-state index in [0.717, 1.165) is 0 Å². The van der Waals surface area contributed by atoms with Crippen LogP contribution in [0.2, 0.25) is 0 Å². The van der Waals surface area contributed by atoms with Gasteiger partial charge in [-0.25, -0.2) is 52.7 Å². The summed E-state index contributed by atoms with van der Waals surface area (Å²) in [5.74, 6) is -26.3. The summed E-state index contributed by atoms with van der Waals surface area (Å²) >= 11 is 0. The van der Waals surface area contributed by atoms with E-state index in [0.29, 0.717) is 20.8 Å². The van der Waals surface area contributed by atoms with Gasteiger partial charge in [-0.15, -0.1) is 0 Å². The van der Waals surface area contributed by atoms with Crippen LogP contribution in [0.5, 0.6) is 0 Å². The third kappa shape index (κ3) is 7.01. The van der Waals surface area contributed by atoms with Gasteiger partial charge in [-0.1, -0.05) is 0 Å². The van der Waals surface area contributed by atoms with Gasteiger partial charge in [0.05, 0.1) is 49.5 Å². The first-order valence-electron chi connectivity index (χ1n) is 12.0. The Morgan fingerprint density at radius 1 is 0.432 bits per heavy atom. The standard InChI is InChI=1S/C27H20F12O4.Zr/c1-9-15(28)21(34)12(22(35)16(9)29)6-41-27(4-5-40,42-7-13-23(36)17(30)10(2)18(31)24(13)37)43-8-14-25(38)19(32)11(3)20(33)26(14)39;/h40H,4-8H2,1-3H3;. The Morgan fingerprint density at radius 2 is 0.636 bits per heavy atom. The Morgan fingerprint density at radius 3 is 0.818 bits per heavy atom. The molecule has 0 amide bonds. The minimum Gasteiger partial charge on any atom is -0.396 e. The zero-order valence-electron chi connectivity index (χ0n) is 22.7. The molecular formula is C27H20F12O4Zr. The molecule has 3 aromatic rings. The van der Waals surface area contributed by atoms with Crippen molar-refractivity contribution in [2.45, 2.75) is 53.0 Å². The van der Waals surface area contributed by atoms with Crippen LogP contribution in [0.3, 0.4) is 0 Å². The van der Waals surface area contributed by atoms with Crippen LogP contribution in [-0.4, -0.2) is 17.7 Å². The fourth-order valence-corrected chi connectivity index (χ4v) is 3.77. The van der Waals surface area contributed by atoms with Gasteiger partial charge in [0.2, 0.25) is 0 Å². The summed E-state index contributed by atoms with van der Waals surface area (Å²) in [4.78, 5) is 0. The number of benzene rings is 3. The summed E-state index contributed by atoms with van der Waals surface area (Å²) in [5.41, 5.74) is -7.62. The van der Waals surface area contributed by atoms with E-state index < -0.39 is 142 Å². The van der Waals surface area contributed by atoms with Gasteiger partial charge in [-0.3, -0.25) is 0 Å².